The van der Waals surface area contributed by atoms with Gasteiger partial charge >= 0.3 is 11.9 Å². The maximum absolute atomic E-state index is 12.3. The molecule has 0 N–H and O–H groups in total. The number of phosphoric acid groups is 1. The Bertz CT molecular complexity index is 850. The van der Waals surface area contributed by atoms with Crippen LogP contribution in [0.2, 0.25) is 0 Å². The largest absolute Gasteiger partial charge is 0.756 e. The lowest BCUT2D eigenvalue weighted by molar-refractivity contribution is -0.870. The van der Waals surface area contributed by atoms with Crippen LogP contribution in [0.25, 0.3) is 0 Å². The van der Waals surface area contributed by atoms with E-state index in [1.807, 2.05) is 21.1 Å². The molecule has 9 nitrogen and oxygen atoms in total. The summed E-state index contributed by atoms with van der Waals surface area (Å²) in [7, 11) is 1.14. The molecule has 2 unspecified atom stereocenters. The van der Waals surface area contributed by atoms with Crippen molar-refractivity contribution in [2.45, 2.75) is 116 Å². The molecule has 0 rings (SSSR count). The minimum atomic E-state index is -4.59. The fourth-order valence-electron chi connectivity index (χ4n) is 3.82. The molecule has 0 aromatic carbocycles. The Morgan fingerprint density at radius 2 is 1.30 bits per heavy atom. The van der Waals surface area contributed by atoms with Crippen LogP contribution in [-0.4, -0.2) is 70.0 Å². The zero-order chi connectivity index (χ0) is 32.2. The number of hydrogen-bond donors (Lipinski definition) is 0. The molecule has 0 bridgehead atoms. The highest BCUT2D eigenvalue weighted by atomic mass is 31.2. The van der Waals surface area contributed by atoms with Crippen LogP contribution in [0.15, 0.2) is 36.5 Å². The summed E-state index contributed by atoms with van der Waals surface area (Å²) in [6.45, 7) is 3.54. The highest BCUT2D eigenvalue weighted by Gasteiger charge is 2.21. The lowest BCUT2D eigenvalue weighted by atomic mass is 10.1. The zero-order valence-corrected chi connectivity index (χ0v) is 28.5. The van der Waals surface area contributed by atoms with Crippen molar-refractivity contribution in [1.82, 2.24) is 0 Å². The number of carbonyl (C=O) groups is 2. The molecule has 0 aliphatic carbocycles. The summed E-state index contributed by atoms with van der Waals surface area (Å²) in [6, 6.07) is 0. The summed E-state index contributed by atoms with van der Waals surface area (Å²) in [4.78, 5) is 36.0. The van der Waals surface area contributed by atoms with Gasteiger partial charge < -0.3 is 27.9 Å². The summed E-state index contributed by atoms with van der Waals surface area (Å²) in [6.07, 6.45) is 27.0. The van der Waals surface area contributed by atoms with Crippen LogP contribution in [0.1, 0.15) is 110 Å². The molecule has 0 aliphatic heterocycles. The Morgan fingerprint density at radius 1 is 0.744 bits per heavy atom. The Hall–Kier alpha value is -1.77. The molecule has 0 saturated heterocycles. The molecule has 0 aromatic rings. The van der Waals surface area contributed by atoms with E-state index < -0.39 is 32.5 Å². The topological polar surface area (TPSA) is 111 Å². The van der Waals surface area contributed by atoms with Crippen molar-refractivity contribution < 1.29 is 42.1 Å². The van der Waals surface area contributed by atoms with E-state index in [1.54, 1.807) is 6.92 Å². The Morgan fingerprint density at radius 3 is 1.88 bits per heavy atom. The summed E-state index contributed by atoms with van der Waals surface area (Å²) in [5, 5.41) is 0. The van der Waals surface area contributed by atoms with Gasteiger partial charge in [0, 0.05) is 12.8 Å². The molecular formula is C33H60NO8P. The predicted octanol–water partition coefficient (Wildman–Crippen LogP) is 7.21. The van der Waals surface area contributed by atoms with E-state index in [9.17, 15) is 19.0 Å². The van der Waals surface area contributed by atoms with E-state index >= 15 is 0 Å². The molecule has 0 radical (unpaired) electrons. The fraction of sp³-hybridized carbons (Fsp3) is 0.758. The second-order valence-electron chi connectivity index (χ2n) is 11.8. The van der Waals surface area contributed by atoms with Gasteiger partial charge in [-0.2, -0.15) is 0 Å². The lowest BCUT2D eigenvalue weighted by Crippen LogP contribution is -2.37. The third-order valence-electron chi connectivity index (χ3n) is 6.47. The third-order valence-corrected chi connectivity index (χ3v) is 7.43. The van der Waals surface area contributed by atoms with E-state index in [0.29, 0.717) is 17.4 Å². The molecule has 0 spiro atoms. The molecule has 2 atom stereocenters. The summed E-state index contributed by atoms with van der Waals surface area (Å²) < 4.78 is 32.8. The number of carbonyl (C=O) groups excluding carboxylic acids is 2. The van der Waals surface area contributed by atoms with Crippen molar-refractivity contribution in [3.63, 3.8) is 0 Å². The Kier molecular flexibility index (Phi) is 25.5. The smallest absolute Gasteiger partial charge is 0.306 e. The van der Waals surface area contributed by atoms with Gasteiger partial charge in [0.15, 0.2) is 6.10 Å². The van der Waals surface area contributed by atoms with Crippen LogP contribution < -0.4 is 4.89 Å². The number of ether oxygens (including phenoxy) is 2. The van der Waals surface area contributed by atoms with Gasteiger partial charge in [-0.05, 0) is 44.9 Å². The highest BCUT2D eigenvalue weighted by molar-refractivity contribution is 7.45. The van der Waals surface area contributed by atoms with Gasteiger partial charge in [-0.3, -0.25) is 14.2 Å². The number of quaternary nitrogens is 1. The molecule has 0 aromatic heterocycles. The molecule has 0 amide bonds. The first-order chi connectivity index (χ1) is 20.5. The van der Waals surface area contributed by atoms with E-state index in [2.05, 4.69) is 43.4 Å². The molecule has 10 heteroatoms. The average Bonchev–Trinajstić information content (AvgIpc) is 2.94. The van der Waals surface area contributed by atoms with E-state index in [1.165, 1.54) is 25.7 Å². The normalized spacial score (nSPS) is 14.5. The number of unbranched alkanes of at least 4 members (excludes halogenated alkanes) is 9. The number of phosphoric ester groups is 1. The van der Waals surface area contributed by atoms with Crippen molar-refractivity contribution in [3.05, 3.63) is 36.5 Å². The SMILES string of the molecule is CCCCC/C=C\C/C=C\C/C=C\CCCCCCCCC(=O)OC(COC(=O)CC)COP(=O)([O-])OCC[N+](C)(C)C. The van der Waals surface area contributed by atoms with E-state index in [4.69, 9.17) is 18.5 Å². The summed E-state index contributed by atoms with van der Waals surface area (Å²) in [5.74, 6) is -0.954. The Labute approximate surface area is 261 Å². The number of allylic oxidation sites excluding steroid dienone is 6. The first-order valence-corrected chi connectivity index (χ1v) is 17.7. The van der Waals surface area contributed by atoms with Gasteiger partial charge in [0.1, 0.15) is 19.8 Å². The molecule has 0 saturated carbocycles. The zero-order valence-electron chi connectivity index (χ0n) is 27.6. The number of esters is 2. The molecule has 43 heavy (non-hydrogen) atoms. The van der Waals surface area contributed by atoms with Gasteiger partial charge in [-0.25, -0.2) is 0 Å². The Balaban J connectivity index is 4.08. The van der Waals surface area contributed by atoms with Crippen molar-refractivity contribution in [2.24, 2.45) is 0 Å². The van der Waals surface area contributed by atoms with E-state index in [0.717, 1.165) is 51.4 Å². The maximum atomic E-state index is 12.3. The molecule has 0 fully saturated rings. The summed E-state index contributed by atoms with van der Waals surface area (Å²) in [5.41, 5.74) is 0. The molecule has 250 valence electrons. The van der Waals surface area contributed by atoms with Gasteiger partial charge in [0.2, 0.25) is 0 Å². The fourth-order valence-corrected chi connectivity index (χ4v) is 4.54. The van der Waals surface area contributed by atoms with Gasteiger partial charge in [-0.15, -0.1) is 0 Å². The maximum Gasteiger partial charge on any atom is 0.306 e. The van der Waals surface area contributed by atoms with Crippen molar-refractivity contribution in [3.8, 4) is 0 Å². The minimum absolute atomic E-state index is 0.0363. The van der Waals surface area contributed by atoms with Gasteiger partial charge in [-0.1, -0.05) is 88.8 Å². The average molecular weight is 630 g/mol. The van der Waals surface area contributed by atoms with Crippen LogP contribution >= 0.6 is 7.82 Å². The molecule has 0 heterocycles. The standard InChI is InChI=1S/C33H60NO8P/c1-6-8-9-10-11-12-13-14-15-16-17-18-19-20-21-22-23-24-25-26-33(36)42-31(29-39-32(35)7-2)30-41-43(37,38)40-28-27-34(3,4)5/h11-12,14-15,17-18,31H,6-10,13,16,19-30H2,1-5H3/b12-11-,15-14-,18-17-. The summed E-state index contributed by atoms with van der Waals surface area (Å²) >= 11 is 0. The second kappa shape index (κ2) is 26.6. The second-order valence-corrected chi connectivity index (χ2v) is 13.2. The van der Waals surface area contributed by atoms with Crippen LogP contribution in [-0.2, 0) is 32.7 Å². The number of rotatable bonds is 28. The van der Waals surface area contributed by atoms with Crippen LogP contribution in [0.5, 0.6) is 0 Å². The molecule has 0 aliphatic rings. The number of hydrogen-bond acceptors (Lipinski definition) is 8. The third kappa shape index (κ3) is 30.1. The first-order valence-electron chi connectivity index (χ1n) is 16.2. The molecular weight excluding hydrogens is 569 g/mol. The van der Waals surface area contributed by atoms with Crippen molar-refractivity contribution >= 4 is 19.8 Å². The highest BCUT2D eigenvalue weighted by Crippen LogP contribution is 2.38. The number of nitrogens with zero attached hydrogens (tertiary/aromatic N) is 1. The van der Waals surface area contributed by atoms with Crippen LogP contribution in [0.3, 0.4) is 0 Å². The lowest BCUT2D eigenvalue weighted by Gasteiger charge is -2.28. The van der Waals surface area contributed by atoms with Crippen LogP contribution in [0, 0.1) is 0 Å². The van der Waals surface area contributed by atoms with Crippen LogP contribution in [0.4, 0.5) is 0 Å². The minimum Gasteiger partial charge on any atom is -0.756 e. The van der Waals surface area contributed by atoms with Crippen molar-refractivity contribution in [2.75, 3.05) is 47.5 Å². The monoisotopic (exact) mass is 629 g/mol. The number of likely N-dealkylation sites (N-methyl/N-ethyl adjacent to an activating group) is 1. The first kappa shape index (κ1) is 41.2. The quantitative estimate of drug-likeness (QED) is 0.0294. The van der Waals surface area contributed by atoms with Crippen molar-refractivity contribution in [1.29, 1.82) is 0 Å². The van der Waals surface area contributed by atoms with Gasteiger partial charge in [0.25, 0.3) is 7.82 Å². The van der Waals surface area contributed by atoms with Gasteiger partial charge in [0.05, 0.1) is 27.7 Å². The van der Waals surface area contributed by atoms with E-state index in [-0.39, 0.29) is 26.1 Å². The predicted molar refractivity (Wildman–Crippen MR) is 171 cm³/mol.